The van der Waals surface area contributed by atoms with E-state index in [-0.39, 0.29) is 22.7 Å². The van der Waals surface area contributed by atoms with Gasteiger partial charge in [-0.25, -0.2) is 4.98 Å². The summed E-state index contributed by atoms with van der Waals surface area (Å²) >= 11 is 12.1. The Morgan fingerprint density at radius 3 is 2.76 bits per heavy atom. The van der Waals surface area contributed by atoms with E-state index in [0.717, 1.165) is 5.56 Å². The van der Waals surface area contributed by atoms with E-state index >= 15 is 0 Å². The molecule has 0 fully saturated rings. The maximum absolute atomic E-state index is 12.6. The fourth-order valence-electron chi connectivity index (χ4n) is 2.69. The number of halogens is 4. The first-order chi connectivity index (χ1) is 11.9. The molecule has 4 nitrogen and oxygen atoms in total. The van der Waals surface area contributed by atoms with Crippen molar-refractivity contribution in [2.75, 3.05) is 0 Å². The number of rotatable bonds is 4. The summed E-state index contributed by atoms with van der Waals surface area (Å²) in [6, 6.07) is 6.08. The number of fused-ring (bicyclic) bond motifs is 1. The van der Waals surface area contributed by atoms with Gasteiger partial charge in [0.25, 0.3) is 5.91 Å². The van der Waals surface area contributed by atoms with E-state index in [2.05, 4.69) is 4.98 Å². The Balaban J connectivity index is 1.84. The number of hydrogen-bond acceptors (Lipinski definition) is 3. The first-order valence-electron chi connectivity index (χ1n) is 7.30. The maximum Gasteiger partial charge on any atom is 0.305 e. The Bertz CT molecular complexity index is 870. The van der Waals surface area contributed by atoms with Crippen molar-refractivity contribution < 1.29 is 18.3 Å². The predicted octanol–water partition coefficient (Wildman–Crippen LogP) is 5.22. The fraction of sp³-hybridized carbons (Fsp3) is 0.176. The van der Waals surface area contributed by atoms with Crippen LogP contribution in [0.1, 0.15) is 34.5 Å². The number of pyridine rings is 1. The van der Waals surface area contributed by atoms with Gasteiger partial charge in [-0.3, -0.25) is 4.79 Å². The third kappa shape index (κ3) is 3.45. The van der Waals surface area contributed by atoms with Crippen LogP contribution < -0.4 is 4.74 Å². The van der Waals surface area contributed by atoms with Gasteiger partial charge in [-0.2, -0.15) is 8.78 Å². The number of carbonyl (C=O) groups excluding carboxylic acids is 1. The SMILES string of the molecule is CC(c1ccc(OC=C(F)F)c(Cl)c1)N1Cc2c(ccnc2Cl)C1=O. The summed E-state index contributed by atoms with van der Waals surface area (Å²) in [6.07, 6.45) is -0.146. The summed E-state index contributed by atoms with van der Waals surface area (Å²) in [5.74, 6) is -0.0422. The highest BCUT2D eigenvalue weighted by Crippen LogP contribution is 2.36. The molecule has 1 unspecified atom stereocenters. The highest BCUT2D eigenvalue weighted by molar-refractivity contribution is 6.32. The molecular weight excluding hydrogens is 373 g/mol. The quantitative estimate of drug-likeness (QED) is 0.535. The Morgan fingerprint density at radius 2 is 2.12 bits per heavy atom. The second-order valence-corrected chi connectivity index (χ2v) is 6.22. The average Bonchev–Trinajstić information content (AvgIpc) is 2.91. The fourth-order valence-corrected chi connectivity index (χ4v) is 3.14. The molecule has 3 rings (SSSR count). The number of nitrogens with zero attached hydrogens (tertiary/aromatic N) is 2. The van der Waals surface area contributed by atoms with Crippen LogP contribution in [-0.2, 0) is 6.54 Å². The zero-order valence-electron chi connectivity index (χ0n) is 13.0. The molecule has 0 saturated carbocycles. The standard InChI is InChI=1S/C17H12Cl2F2N2O2/c1-9(10-2-3-14(13(18)6-10)25-8-15(20)21)23-7-12-11(17(23)24)4-5-22-16(12)19/h2-6,8-9H,7H2,1H3. The number of amides is 1. The summed E-state index contributed by atoms with van der Waals surface area (Å²) in [6.45, 7) is 2.19. The van der Waals surface area contributed by atoms with Crippen LogP contribution in [0.4, 0.5) is 8.78 Å². The first kappa shape index (κ1) is 17.6. The topological polar surface area (TPSA) is 42.4 Å². The van der Waals surface area contributed by atoms with Gasteiger partial charge in [-0.1, -0.05) is 29.3 Å². The van der Waals surface area contributed by atoms with Crippen LogP contribution in [0.3, 0.4) is 0 Å². The smallest absolute Gasteiger partial charge is 0.305 e. The molecule has 0 saturated heterocycles. The van der Waals surface area contributed by atoms with E-state index in [1.807, 2.05) is 6.92 Å². The molecule has 1 aliphatic heterocycles. The van der Waals surface area contributed by atoms with Crippen LogP contribution in [0.25, 0.3) is 0 Å². The van der Waals surface area contributed by atoms with Gasteiger partial charge in [0.15, 0.2) is 6.26 Å². The maximum atomic E-state index is 12.6. The van der Waals surface area contributed by atoms with Crippen LogP contribution >= 0.6 is 23.2 Å². The Labute approximate surface area is 152 Å². The summed E-state index contributed by atoms with van der Waals surface area (Å²) < 4.78 is 29.0. The number of aromatic nitrogens is 1. The van der Waals surface area contributed by atoms with E-state index in [0.29, 0.717) is 29.1 Å². The van der Waals surface area contributed by atoms with Crippen molar-refractivity contribution in [3.8, 4) is 5.75 Å². The molecule has 130 valence electrons. The predicted molar refractivity (Wildman–Crippen MR) is 89.9 cm³/mol. The second-order valence-electron chi connectivity index (χ2n) is 5.45. The normalized spacial score (nSPS) is 14.3. The van der Waals surface area contributed by atoms with Crippen molar-refractivity contribution in [1.29, 1.82) is 0 Å². The van der Waals surface area contributed by atoms with Crippen LogP contribution in [-0.4, -0.2) is 15.8 Å². The lowest BCUT2D eigenvalue weighted by Crippen LogP contribution is -2.27. The van der Waals surface area contributed by atoms with Gasteiger partial charge in [-0.05, 0) is 30.7 Å². The third-order valence-electron chi connectivity index (χ3n) is 4.00. The molecule has 1 aliphatic rings. The van der Waals surface area contributed by atoms with Gasteiger partial charge in [0, 0.05) is 17.3 Å². The zero-order valence-corrected chi connectivity index (χ0v) is 14.5. The van der Waals surface area contributed by atoms with Crippen molar-refractivity contribution in [3.63, 3.8) is 0 Å². The molecule has 0 bridgehead atoms. The van der Waals surface area contributed by atoms with Crippen LogP contribution in [0.15, 0.2) is 42.8 Å². The molecule has 1 aromatic carbocycles. The van der Waals surface area contributed by atoms with Gasteiger partial charge < -0.3 is 9.64 Å². The van der Waals surface area contributed by atoms with Gasteiger partial charge in [-0.15, -0.1) is 0 Å². The molecule has 1 atom stereocenters. The summed E-state index contributed by atoms with van der Waals surface area (Å²) in [4.78, 5) is 18.2. The molecular formula is C17H12Cl2F2N2O2. The minimum absolute atomic E-state index is 0.105. The molecule has 2 aromatic rings. The minimum atomic E-state index is -1.96. The average molecular weight is 385 g/mol. The van der Waals surface area contributed by atoms with E-state index in [4.69, 9.17) is 27.9 Å². The van der Waals surface area contributed by atoms with Crippen molar-refractivity contribution in [3.05, 3.63) is 69.7 Å². The molecule has 0 aliphatic carbocycles. The van der Waals surface area contributed by atoms with Crippen molar-refractivity contribution in [2.24, 2.45) is 0 Å². The summed E-state index contributed by atoms with van der Waals surface area (Å²) in [5.41, 5.74) is 1.96. The lowest BCUT2D eigenvalue weighted by molar-refractivity contribution is 0.0716. The second kappa shape index (κ2) is 6.98. The summed E-state index contributed by atoms with van der Waals surface area (Å²) in [5, 5.41) is 0.480. The molecule has 1 amide bonds. The number of hydrogen-bond donors (Lipinski definition) is 0. The van der Waals surface area contributed by atoms with Crippen LogP contribution in [0, 0.1) is 0 Å². The summed E-state index contributed by atoms with van der Waals surface area (Å²) in [7, 11) is 0. The van der Waals surface area contributed by atoms with E-state index < -0.39 is 6.08 Å². The van der Waals surface area contributed by atoms with Crippen molar-refractivity contribution >= 4 is 29.1 Å². The van der Waals surface area contributed by atoms with Crippen LogP contribution in [0.5, 0.6) is 5.75 Å². The molecule has 0 N–H and O–H groups in total. The van der Waals surface area contributed by atoms with Gasteiger partial charge >= 0.3 is 6.08 Å². The Hall–Kier alpha value is -2.18. The van der Waals surface area contributed by atoms with E-state index in [9.17, 15) is 13.6 Å². The van der Waals surface area contributed by atoms with Crippen molar-refractivity contribution in [1.82, 2.24) is 9.88 Å². The Kier molecular flexibility index (Phi) is 4.92. The lowest BCUT2D eigenvalue weighted by atomic mass is 10.1. The molecule has 2 heterocycles. The Morgan fingerprint density at radius 1 is 1.36 bits per heavy atom. The lowest BCUT2D eigenvalue weighted by Gasteiger charge is -2.25. The van der Waals surface area contributed by atoms with E-state index in [1.54, 1.807) is 23.1 Å². The molecule has 25 heavy (non-hydrogen) atoms. The van der Waals surface area contributed by atoms with Gasteiger partial charge in [0.2, 0.25) is 0 Å². The molecule has 8 heteroatoms. The van der Waals surface area contributed by atoms with Crippen LogP contribution in [0.2, 0.25) is 10.2 Å². The number of benzene rings is 1. The first-order valence-corrected chi connectivity index (χ1v) is 8.05. The minimum Gasteiger partial charge on any atom is -0.458 e. The molecule has 0 radical (unpaired) electrons. The van der Waals surface area contributed by atoms with Crippen molar-refractivity contribution in [2.45, 2.75) is 19.5 Å². The third-order valence-corrected chi connectivity index (χ3v) is 4.62. The largest absolute Gasteiger partial charge is 0.458 e. The number of ether oxygens (including phenoxy) is 1. The van der Waals surface area contributed by atoms with Gasteiger partial charge in [0.1, 0.15) is 10.9 Å². The highest BCUT2D eigenvalue weighted by Gasteiger charge is 2.33. The molecule has 1 aromatic heterocycles. The van der Waals surface area contributed by atoms with E-state index in [1.165, 1.54) is 12.3 Å². The number of carbonyl (C=O) groups is 1. The molecule has 0 spiro atoms. The zero-order chi connectivity index (χ0) is 18.1. The monoisotopic (exact) mass is 384 g/mol. The van der Waals surface area contributed by atoms with Gasteiger partial charge in [0.05, 0.1) is 17.6 Å². The highest BCUT2D eigenvalue weighted by atomic mass is 35.5.